The lowest BCUT2D eigenvalue weighted by Crippen LogP contribution is -2.54. The van der Waals surface area contributed by atoms with Crippen LogP contribution in [0.4, 0.5) is 43.9 Å². The number of alkyl halides is 6. The smallest absolute Gasteiger partial charge is 0.411 e. The van der Waals surface area contributed by atoms with Gasteiger partial charge in [-0.25, -0.2) is 8.78 Å². The number of rotatable bonds is 6. The minimum Gasteiger partial charge on any atom is -0.497 e. The third-order valence-electron chi connectivity index (χ3n) is 5.34. The fourth-order valence-electron chi connectivity index (χ4n) is 3.61. The summed E-state index contributed by atoms with van der Waals surface area (Å²) in [5.74, 6) is -9.96. The first-order valence-corrected chi connectivity index (χ1v) is 9.75. The molecule has 3 aromatic carbocycles. The van der Waals surface area contributed by atoms with Gasteiger partial charge in [-0.3, -0.25) is 0 Å². The van der Waals surface area contributed by atoms with Crippen LogP contribution in [0.15, 0.2) is 55.1 Å². The second-order valence-corrected chi connectivity index (χ2v) is 7.30. The molecule has 0 bridgehead atoms. The van der Waals surface area contributed by atoms with Crippen molar-refractivity contribution in [3.63, 3.8) is 0 Å². The zero-order chi connectivity index (χ0) is 27.1. The molecule has 0 fully saturated rings. The number of benzene rings is 3. The van der Waals surface area contributed by atoms with Gasteiger partial charge in [0, 0.05) is 0 Å². The largest absolute Gasteiger partial charge is 0.497 e. The Morgan fingerprint density at radius 2 is 1.03 bits per heavy atom. The SMILES string of the molecule is C=Cc1c(F)c(F)c(Oc2ccc(C(c3ccc(OC)cc3)(C(F)(F)F)C(F)(F)F)cc2)c(F)c1F. The molecule has 2 nitrogen and oxygen atoms in total. The molecule has 192 valence electrons. The monoisotopic (exact) mass is 524 g/mol. The van der Waals surface area contributed by atoms with E-state index in [1.807, 2.05) is 0 Å². The highest BCUT2D eigenvalue weighted by Gasteiger charge is 2.72. The molecule has 0 aliphatic carbocycles. The molecule has 0 saturated carbocycles. The highest BCUT2D eigenvalue weighted by Crippen LogP contribution is 2.56. The zero-order valence-corrected chi connectivity index (χ0v) is 18.0. The predicted molar refractivity (Wildman–Crippen MR) is 109 cm³/mol. The van der Waals surface area contributed by atoms with Gasteiger partial charge in [0.1, 0.15) is 11.5 Å². The van der Waals surface area contributed by atoms with Crippen LogP contribution in [0.2, 0.25) is 0 Å². The van der Waals surface area contributed by atoms with Crippen molar-refractivity contribution < 1.29 is 53.4 Å². The first-order chi connectivity index (χ1) is 16.7. The van der Waals surface area contributed by atoms with E-state index in [1.54, 1.807) is 0 Å². The van der Waals surface area contributed by atoms with Crippen LogP contribution < -0.4 is 9.47 Å². The first-order valence-electron chi connectivity index (χ1n) is 9.75. The molecule has 0 N–H and O–H groups in total. The topological polar surface area (TPSA) is 18.5 Å². The van der Waals surface area contributed by atoms with Crippen LogP contribution in [0.5, 0.6) is 17.2 Å². The summed E-state index contributed by atoms with van der Waals surface area (Å²) in [5.41, 5.74) is -8.13. The maximum atomic E-state index is 14.2. The van der Waals surface area contributed by atoms with Crippen molar-refractivity contribution in [3.05, 3.63) is 95.1 Å². The number of methoxy groups -OCH3 is 1. The Hall–Kier alpha value is -3.70. The van der Waals surface area contributed by atoms with Crippen molar-refractivity contribution >= 4 is 6.08 Å². The Labute approximate surface area is 197 Å². The summed E-state index contributed by atoms with van der Waals surface area (Å²) in [5, 5.41) is 0. The summed E-state index contributed by atoms with van der Waals surface area (Å²) < 4.78 is 151. The van der Waals surface area contributed by atoms with Gasteiger partial charge in [0.15, 0.2) is 11.6 Å². The number of halogens is 10. The summed E-state index contributed by atoms with van der Waals surface area (Å²) in [4.78, 5) is 0. The molecule has 3 rings (SSSR count). The van der Waals surface area contributed by atoms with Gasteiger partial charge in [0.25, 0.3) is 0 Å². The minimum atomic E-state index is -5.90. The highest BCUT2D eigenvalue weighted by atomic mass is 19.4. The molecule has 0 saturated heterocycles. The summed E-state index contributed by atoms with van der Waals surface area (Å²) >= 11 is 0. The molecular formula is C24H14F10O2. The van der Waals surface area contributed by atoms with Crippen molar-refractivity contribution in [1.82, 2.24) is 0 Å². The molecule has 0 aromatic heterocycles. The molecule has 0 aliphatic rings. The zero-order valence-electron chi connectivity index (χ0n) is 18.0. The van der Waals surface area contributed by atoms with Crippen LogP contribution in [-0.4, -0.2) is 19.5 Å². The van der Waals surface area contributed by atoms with Gasteiger partial charge in [-0.05, 0) is 35.4 Å². The van der Waals surface area contributed by atoms with E-state index in [0.717, 1.165) is 12.1 Å². The van der Waals surface area contributed by atoms with Gasteiger partial charge in [-0.15, -0.1) is 0 Å². The van der Waals surface area contributed by atoms with E-state index in [0.29, 0.717) is 42.5 Å². The first kappa shape index (κ1) is 26.9. The lowest BCUT2D eigenvalue weighted by atomic mass is 9.73. The normalized spacial score (nSPS) is 12.4. The van der Waals surface area contributed by atoms with E-state index in [9.17, 15) is 43.9 Å². The van der Waals surface area contributed by atoms with E-state index in [4.69, 9.17) is 9.47 Å². The molecule has 0 aliphatic heterocycles. The lowest BCUT2D eigenvalue weighted by Gasteiger charge is -2.38. The molecule has 12 heteroatoms. The summed E-state index contributed by atoms with van der Waals surface area (Å²) in [6, 6.07) is 4.87. The molecule has 0 atom stereocenters. The quantitative estimate of drug-likeness (QED) is 0.240. The number of ether oxygens (including phenoxy) is 2. The van der Waals surface area contributed by atoms with Gasteiger partial charge in [0.2, 0.25) is 22.8 Å². The number of hydrogen-bond donors (Lipinski definition) is 0. The van der Waals surface area contributed by atoms with Gasteiger partial charge < -0.3 is 9.47 Å². The average molecular weight is 524 g/mol. The fourth-order valence-corrected chi connectivity index (χ4v) is 3.61. The van der Waals surface area contributed by atoms with Crippen LogP contribution in [0.3, 0.4) is 0 Å². The second kappa shape index (κ2) is 9.40. The van der Waals surface area contributed by atoms with Crippen molar-refractivity contribution in [2.75, 3.05) is 7.11 Å². The van der Waals surface area contributed by atoms with Crippen molar-refractivity contribution in [2.24, 2.45) is 0 Å². The Morgan fingerprint density at radius 3 is 1.36 bits per heavy atom. The maximum absolute atomic E-state index is 14.2. The fraction of sp³-hybridized carbons (Fsp3) is 0.167. The van der Waals surface area contributed by atoms with Gasteiger partial charge >= 0.3 is 12.4 Å². The van der Waals surface area contributed by atoms with E-state index >= 15 is 0 Å². The van der Waals surface area contributed by atoms with Crippen molar-refractivity contribution in [3.8, 4) is 17.2 Å². The molecule has 0 heterocycles. The van der Waals surface area contributed by atoms with Crippen molar-refractivity contribution in [2.45, 2.75) is 17.8 Å². The second-order valence-electron chi connectivity index (χ2n) is 7.30. The van der Waals surface area contributed by atoms with Crippen LogP contribution >= 0.6 is 0 Å². The van der Waals surface area contributed by atoms with E-state index in [1.165, 1.54) is 7.11 Å². The standard InChI is InChI=1S/C24H14F10O2/c1-3-16-17(25)19(27)21(20(28)18(16)26)36-15-10-6-13(7-11-15)22(23(29,30)31,24(32,33)34)12-4-8-14(35-2)9-5-12/h3-11H,1H2,2H3. The van der Waals surface area contributed by atoms with Crippen LogP contribution in [0.1, 0.15) is 16.7 Å². The Morgan fingerprint density at radius 1 is 0.639 bits per heavy atom. The summed E-state index contributed by atoms with van der Waals surface area (Å²) in [6.07, 6.45) is -11.3. The van der Waals surface area contributed by atoms with Crippen LogP contribution in [0.25, 0.3) is 6.08 Å². The maximum Gasteiger partial charge on any atom is 0.411 e. The molecule has 0 amide bonds. The number of hydrogen-bond acceptors (Lipinski definition) is 2. The van der Waals surface area contributed by atoms with E-state index in [-0.39, 0.29) is 5.75 Å². The van der Waals surface area contributed by atoms with E-state index < -0.39 is 69.2 Å². The third-order valence-corrected chi connectivity index (χ3v) is 5.34. The lowest BCUT2D eigenvalue weighted by molar-refractivity contribution is -0.288. The molecule has 0 unspecified atom stereocenters. The third kappa shape index (κ3) is 4.24. The predicted octanol–water partition coefficient (Wildman–Crippen LogP) is 8.10. The highest BCUT2D eigenvalue weighted by molar-refractivity contribution is 5.53. The minimum absolute atomic E-state index is 0.00624. The van der Waals surface area contributed by atoms with Crippen LogP contribution in [-0.2, 0) is 5.41 Å². The molecule has 0 radical (unpaired) electrons. The molecule has 0 spiro atoms. The molecule has 36 heavy (non-hydrogen) atoms. The van der Waals surface area contributed by atoms with Gasteiger partial charge in [0.05, 0.1) is 12.7 Å². The Kier molecular flexibility index (Phi) is 7.02. The summed E-state index contributed by atoms with van der Waals surface area (Å²) in [7, 11) is 1.17. The summed E-state index contributed by atoms with van der Waals surface area (Å²) in [6.45, 7) is 3.01. The average Bonchev–Trinajstić information content (AvgIpc) is 2.81. The van der Waals surface area contributed by atoms with Crippen LogP contribution in [0, 0.1) is 23.3 Å². The van der Waals surface area contributed by atoms with Crippen molar-refractivity contribution in [1.29, 1.82) is 0 Å². The Bertz CT molecular complexity index is 1220. The molecular weight excluding hydrogens is 510 g/mol. The van der Waals surface area contributed by atoms with Gasteiger partial charge in [-0.2, -0.15) is 35.1 Å². The van der Waals surface area contributed by atoms with E-state index in [2.05, 4.69) is 6.58 Å². The molecule has 3 aromatic rings. The van der Waals surface area contributed by atoms with Gasteiger partial charge in [-0.1, -0.05) is 36.9 Å². The Balaban J connectivity index is 2.15.